The molecule has 1 rings (SSSR count). The molecule has 1 aromatic rings. The van der Waals surface area contributed by atoms with Gasteiger partial charge in [-0.2, -0.15) is 0 Å². The lowest BCUT2D eigenvalue weighted by Gasteiger charge is -2.07. The lowest BCUT2D eigenvalue weighted by molar-refractivity contribution is 0.493. The number of aryl methyl sites for hydroxylation is 1. The van der Waals surface area contributed by atoms with Crippen molar-refractivity contribution in [3.05, 3.63) is 35.4 Å². The Bertz CT molecular complexity index is 279. The first-order valence-corrected chi connectivity index (χ1v) is 5.34. The molecule has 12 heavy (non-hydrogen) atoms. The summed E-state index contributed by atoms with van der Waals surface area (Å²) in [5, 5.41) is 0. The van der Waals surface area contributed by atoms with E-state index in [0.717, 1.165) is 5.56 Å². The summed E-state index contributed by atoms with van der Waals surface area (Å²) in [6, 6.07) is 7.71. The van der Waals surface area contributed by atoms with Gasteiger partial charge in [0.25, 0.3) is 0 Å². The second-order valence-corrected chi connectivity index (χ2v) is 4.51. The third kappa shape index (κ3) is 2.20. The fraction of sp³-hybridized carbons (Fsp3) is 0.333. The van der Waals surface area contributed by atoms with Gasteiger partial charge in [-0.05, 0) is 19.4 Å². The average Bonchev–Trinajstić information content (AvgIpc) is 2.04. The van der Waals surface area contributed by atoms with Gasteiger partial charge in [-0.25, -0.2) is 0 Å². The van der Waals surface area contributed by atoms with Crippen LogP contribution in [0.2, 0.25) is 0 Å². The molecule has 0 saturated carbocycles. The van der Waals surface area contributed by atoms with Crippen molar-refractivity contribution < 1.29 is 9.46 Å². The van der Waals surface area contributed by atoms with Crippen LogP contribution in [0.4, 0.5) is 0 Å². The highest BCUT2D eigenvalue weighted by Crippen LogP contribution is 2.36. The van der Waals surface area contributed by atoms with Gasteiger partial charge >= 0.3 is 0 Å². The van der Waals surface area contributed by atoms with Crippen LogP contribution in [0.3, 0.4) is 0 Å². The van der Waals surface area contributed by atoms with Gasteiger partial charge in [0, 0.05) is 0 Å². The fourth-order valence-electron chi connectivity index (χ4n) is 0.998. The van der Waals surface area contributed by atoms with E-state index in [4.69, 9.17) is 4.89 Å². The molecule has 2 atom stereocenters. The summed E-state index contributed by atoms with van der Waals surface area (Å²) in [4.78, 5) is 8.89. The van der Waals surface area contributed by atoms with Crippen LogP contribution in [0.15, 0.2) is 24.3 Å². The van der Waals surface area contributed by atoms with Crippen LogP contribution in [0, 0.1) is 6.92 Å². The molecule has 0 heterocycles. The molecule has 0 spiro atoms. The zero-order chi connectivity index (χ0) is 9.14. The molecule has 0 bridgehead atoms. The molecule has 0 fully saturated rings. The molecule has 0 aliphatic rings. The number of rotatable bonds is 2. The van der Waals surface area contributed by atoms with Gasteiger partial charge in [0.1, 0.15) is 0 Å². The van der Waals surface area contributed by atoms with Crippen molar-refractivity contribution in [2.45, 2.75) is 19.5 Å². The highest BCUT2D eigenvalue weighted by atomic mass is 31.1. The molecule has 0 aliphatic heterocycles. The lowest BCUT2D eigenvalue weighted by atomic mass is 10.1. The zero-order valence-electron chi connectivity index (χ0n) is 7.24. The first kappa shape index (κ1) is 9.50. The summed E-state index contributed by atoms with van der Waals surface area (Å²) >= 11 is 0. The third-order valence-electron chi connectivity index (χ3n) is 1.95. The lowest BCUT2D eigenvalue weighted by Crippen LogP contribution is -1.86. The van der Waals surface area contributed by atoms with Crippen molar-refractivity contribution in [1.82, 2.24) is 0 Å². The van der Waals surface area contributed by atoms with Crippen molar-refractivity contribution in [2.24, 2.45) is 0 Å². The van der Waals surface area contributed by atoms with Crippen LogP contribution in [0.5, 0.6) is 0 Å². The summed E-state index contributed by atoms with van der Waals surface area (Å²) in [6.07, 6.45) is 0. The molecule has 0 amide bonds. The standard InChI is InChI=1S/C9H13O2P/c1-7-3-5-9(6-4-7)8(2)12(10)11/h3-6,8,12H,1-2H3,(H,10,11). The van der Waals surface area contributed by atoms with E-state index in [9.17, 15) is 4.57 Å². The Morgan fingerprint density at radius 1 is 1.33 bits per heavy atom. The summed E-state index contributed by atoms with van der Waals surface area (Å²) in [6.45, 7) is 3.77. The Kier molecular flexibility index (Phi) is 3.07. The molecule has 0 aromatic heterocycles. The van der Waals surface area contributed by atoms with Crippen molar-refractivity contribution in [3.63, 3.8) is 0 Å². The van der Waals surface area contributed by atoms with Gasteiger partial charge in [-0.15, -0.1) is 0 Å². The Labute approximate surface area is 73.1 Å². The van der Waals surface area contributed by atoms with Crippen molar-refractivity contribution in [1.29, 1.82) is 0 Å². The average molecular weight is 184 g/mol. The zero-order valence-corrected chi connectivity index (χ0v) is 8.24. The number of hydrogen-bond donors (Lipinski definition) is 1. The van der Waals surface area contributed by atoms with E-state index >= 15 is 0 Å². The van der Waals surface area contributed by atoms with E-state index in [1.807, 2.05) is 31.2 Å². The molecule has 1 aromatic carbocycles. The molecule has 1 N–H and O–H groups in total. The quantitative estimate of drug-likeness (QED) is 0.717. The van der Waals surface area contributed by atoms with E-state index in [2.05, 4.69) is 0 Å². The highest BCUT2D eigenvalue weighted by Gasteiger charge is 2.09. The van der Waals surface area contributed by atoms with Gasteiger partial charge in [0.05, 0.1) is 5.66 Å². The maximum absolute atomic E-state index is 10.8. The van der Waals surface area contributed by atoms with Gasteiger partial charge < -0.3 is 4.89 Å². The van der Waals surface area contributed by atoms with E-state index in [1.165, 1.54) is 5.56 Å². The van der Waals surface area contributed by atoms with Crippen LogP contribution >= 0.6 is 8.03 Å². The SMILES string of the molecule is Cc1ccc(C(C)[PH](=O)O)cc1. The molecule has 0 saturated heterocycles. The first-order valence-electron chi connectivity index (χ1n) is 3.90. The van der Waals surface area contributed by atoms with E-state index in [-0.39, 0.29) is 5.66 Å². The minimum atomic E-state index is -2.43. The maximum atomic E-state index is 10.8. The summed E-state index contributed by atoms with van der Waals surface area (Å²) in [7, 11) is -2.43. The highest BCUT2D eigenvalue weighted by molar-refractivity contribution is 7.38. The topological polar surface area (TPSA) is 37.3 Å². The normalized spacial score (nSPS) is 15.6. The Morgan fingerprint density at radius 3 is 2.25 bits per heavy atom. The van der Waals surface area contributed by atoms with Gasteiger partial charge in [0.2, 0.25) is 0 Å². The first-order chi connectivity index (χ1) is 5.61. The van der Waals surface area contributed by atoms with Crippen LogP contribution in [0.25, 0.3) is 0 Å². The largest absolute Gasteiger partial charge is 0.346 e. The van der Waals surface area contributed by atoms with Crippen LogP contribution in [0.1, 0.15) is 23.7 Å². The molecule has 2 nitrogen and oxygen atoms in total. The fourth-order valence-corrected chi connectivity index (χ4v) is 1.48. The van der Waals surface area contributed by atoms with E-state index < -0.39 is 8.03 Å². The van der Waals surface area contributed by atoms with Crippen molar-refractivity contribution in [2.75, 3.05) is 0 Å². The molecule has 66 valence electrons. The molecule has 3 heteroatoms. The summed E-state index contributed by atoms with van der Waals surface area (Å²) in [5.74, 6) is 0. The van der Waals surface area contributed by atoms with E-state index in [0.29, 0.717) is 0 Å². The Hall–Kier alpha value is -0.590. The molecule has 0 radical (unpaired) electrons. The van der Waals surface area contributed by atoms with Crippen LogP contribution in [-0.4, -0.2) is 4.89 Å². The van der Waals surface area contributed by atoms with Crippen LogP contribution in [-0.2, 0) is 4.57 Å². The van der Waals surface area contributed by atoms with Gasteiger partial charge in [-0.1, -0.05) is 29.8 Å². The second-order valence-electron chi connectivity index (χ2n) is 2.97. The summed E-state index contributed by atoms with van der Waals surface area (Å²) in [5.41, 5.74) is 1.88. The van der Waals surface area contributed by atoms with Gasteiger partial charge in [-0.3, -0.25) is 4.57 Å². The molecule has 2 unspecified atom stereocenters. The molecular weight excluding hydrogens is 171 g/mol. The van der Waals surface area contributed by atoms with Crippen molar-refractivity contribution in [3.8, 4) is 0 Å². The predicted molar refractivity (Wildman–Crippen MR) is 50.8 cm³/mol. The number of benzene rings is 1. The molecular formula is C9H13O2P. The summed E-state index contributed by atoms with van der Waals surface area (Å²) < 4.78 is 10.8. The smallest absolute Gasteiger partial charge is 0.196 e. The minimum Gasteiger partial charge on any atom is -0.346 e. The third-order valence-corrected chi connectivity index (χ3v) is 3.02. The second kappa shape index (κ2) is 3.88. The maximum Gasteiger partial charge on any atom is 0.196 e. The Morgan fingerprint density at radius 2 is 1.83 bits per heavy atom. The van der Waals surface area contributed by atoms with Gasteiger partial charge in [0.15, 0.2) is 8.03 Å². The van der Waals surface area contributed by atoms with Crippen molar-refractivity contribution >= 4 is 8.03 Å². The predicted octanol–water partition coefficient (Wildman–Crippen LogP) is 2.52. The van der Waals surface area contributed by atoms with Crippen LogP contribution < -0.4 is 0 Å². The van der Waals surface area contributed by atoms with E-state index in [1.54, 1.807) is 6.92 Å². The number of hydrogen-bond acceptors (Lipinski definition) is 1. The molecule has 0 aliphatic carbocycles. The minimum absolute atomic E-state index is 0.226. The monoisotopic (exact) mass is 184 g/mol. The Balaban J connectivity index is 2.89.